The van der Waals surface area contributed by atoms with Gasteiger partial charge in [-0.1, -0.05) is 47.5 Å². The molecule has 0 unspecified atom stereocenters. The molecule has 2 aromatic carbocycles. The smallest absolute Gasteiger partial charge is 0.119 e. The molecule has 5 rings (SSSR count). The second kappa shape index (κ2) is 6.34. The molecular formula is C20H21Cl2NO. The van der Waals surface area contributed by atoms with Gasteiger partial charge in [0.05, 0.1) is 0 Å². The number of hydrogen-bond acceptors (Lipinski definition) is 2. The second-order valence-corrected chi connectivity index (χ2v) is 7.90. The molecular weight excluding hydrogens is 341 g/mol. The normalized spacial score (nSPS) is 26.5. The van der Waals surface area contributed by atoms with Crippen LogP contribution in [0.25, 0.3) is 0 Å². The van der Waals surface area contributed by atoms with E-state index in [0.29, 0.717) is 16.0 Å². The van der Waals surface area contributed by atoms with Gasteiger partial charge < -0.3 is 10.0 Å². The van der Waals surface area contributed by atoms with Crippen molar-refractivity contribution in [2.45, 2.75) is 18.4 Å². The molecule has 4 heteroatoms. The zero-order valence-corrected chi connectivity index (χ0v) is 15.0. The van der Waals surface area contributed by atoms with Crippen molar-refractivity contribution in [3.63, 3.8) is 0 Å². The minimum Gasteiger partial charge on any atom is -0.380 e. The first kappa shape index (κ1) is 16.4. The fourth-order valence-electron chi connectivity index (χ4n) is 4.48. The third kappa shape index (κ3) is 2.76. The van der Waals surface area contributed by atoms with Crippen LogP contribution in [0.4, 0.5) is 0 Å². The molecule has 3 fully saturated rings. The molecule has 0 spiro atoms. The van der Waals surface area contributed by atoms with Crippen LogP contribution < -0.4 is 0 Å². The Balaban J connectivity index is 1.86. The molecule has 3 heterocycles. The van der Waals surface area contributed by atoms with Crippen LogP contribution in [0.5, 0.6) is 0 Å². The molecule has 3 saturated heterocycles. The first-order valence-corrected chi connectivity index (χ1v) is 9.30. The van der Waals surface area contributed by atoms with Gasteiger partial charge in [0.25, 0.3) is 0 Å². The Labute approximate surface area is 153 Å². The summed E-state index contributed by atoms with van der Waals surface area (Å²) in [5.41, 5.74) is 0.645. The van der Waals surface area contributed by atoms with Gasteiger partial charge >= 0.3 is 0 Å². The van der Waals surface area contributed by atoms with Crippen LogP contribution in [-0.2, 0) is 5.60 Å². The third-order valence-electron chi connectivity index (χ3n) is 5.72. The van der Waals surface area contributed by atoms with Crippen molar-refractivity contribution in [2.24, 2.45) is 11.8 Å². The summed E-state index contributed by atoms with van der Waals surface area (Å²) in [5, 5.41) is 13.3. The molecule has 0 radical (unpaired) electrons. The van der Waals surface area contributed by atoms with Crippen LogP contribution in [0.2, 0.25) is 10.0 Å². The number of piperidine rings is 3. The lowest BCUT2D eigenvalue weighted by molar-refractivity contribution is -0.0764. The van der Waals surface area contributed by atoms with Gasteiger partial charge in [-0.2, -0.15) is 0 Å². The number of benzene rings is 2. The van der Waals surface area contributed by atoms with Crippen molar-refractivity contribution in [3.05, 3.63) is 69.7 Å². The van der Waals surface area contributed by atoms with E-state index >= 15 is 0 Å². The number of aliphatic hydroxyl groups is 1. The molecule has 1 atom stereocenters. The Morgan fingerprint density at radius 2 is 1.46 bits per heavy atom. The average molecular weight is 362 g/mol. The van der Waals surface area contributed by atoms with E-state index in [0.717, 1.165) is 43.6 Å². The van der Waals surface area contributed by atoms with Crippen molar-refractivity contribution in [1.82, 2.24) is 4.90 Å². The molecule has 24 heavy (non-hydrogen) atoms. The molecule has 126 valence electrons. The summed E-state index contributed by atoms with van der Waals surface area (Å²) in [6.07, 6.45) is 2.29. The summed E-state index contributed by atoms with van der Waals surface area (Å²) < 4.78 is 0. The third-order valence-corrected chi connectivity index (χ3v) is 6.19. The van der Waals surface area contributed by atoms with Crippen LogP contribution in [0, 0.1) is 11.8 Å². The quantitative estimate of drug-likeness (QED) is 0.865. The SMILES string of the molecule is OC(c1cccc(Cl)c1)(c1cccc(Cl)c1)[C@H]1CN2CCC1CC2. The minimum atomic E-state index is -1.07. The minimum absolute atomic E-state index is 0.150. The molecule has 0 amide bonds. The molecule has 2 nitrogen and oxygen atoms in total. The zero-order chi connectivity index (χ0) is 16.7. The predicted molar refractivity (Wildman–Crippen MR) is 98.6 cm³/mol. The van der Waals surface area contributed by atoms with Gasteiger partial charge in [-0.25, -0.2) is 0 Å². The van der Waals surface area contributed by atoms with E-state index < -0.39 is 5.60 Å². The first-order chi connectivity index (χ1) is 11.6. The van der Waals surface area contributed by atoms with Crippen LogP contribution in [0.1, 0.15) is 24.0 Å². The van der Waals surface area contributed by atoms with Crippen LogP contribution in [0.15, 0.2) is 48.5 Å². The fraction of sp³-hybridized carbons (Fsp3) is 0.400. The topological polar surface area (TPSA) is 23.5 Å². The lowest BCUT2D eigenvalue weighted by Crippen LogP contribution is -2.55. The standard InChI is InChI=1S/C20H21Cl2NO/c21-17-5-1-3-15(11-17)20(24,16-4-2-6-18(22)12-16)19-13-23-9-7-14(19)8-10-23/h1-6,11-12,14,19,24H,7-10,13H2/t19-/m0/s1. The molecule has 3 aliphatic rings. The lowest BCUT2D eigenvalue weighted by Gasteiger charge is -2.51. The Kier molecular flexibility index (Phi) is 4.34. The molecule has 0 saturated carbocycles. The summed E-state index contributed by atoms with van der Waals surface area (Å²) in [4.78, 5) is 2.46. The maximum absolute atomic E-state index is 12.0. The van der Waals surface area contributed by atoms with E-state index in [1.54, 1.807) is 0 Å². The summed E-state index contributed by atoms with van der Waals surface area (Å²) in [7, 11) is 0. The number of halogens is 2. The summed E-state index contributed by atoms with van der Waals surface area (Å²) in [6, 6.07) is 15.2. The van der Waals surface area contributed by atoms with Crippen molar-refractivity contribution < 1.29 is 5.11 Å². The van der Waals surface area contributed by atoms with E-state index in [-0.39, 0.29) is 5.92 Å². The monoisotopic (exact) mass is 361 g/mol. The zero-order valence-electron chi connectivity index (χ0n) is 13.5. The maximum Gasteiger partial charge on any atom is 0.119 e. The molecule has 2 bridgehead atoms. The average Bonchev–Trinajstić information content (AvgIpc) is 2.62. The van der Waals surface area contributed by atoms with Crippen LogP contribution in [-0.4, -0.2) is 29.6 Å². The maximum atomic E-state index is 12.0. The van der Waals surface area contributed by atoms with Crippen molar-refractivity contribution in [1.29, 1.82) is 0 Å². The van der Waals surface area contributed by atoms with Crippen LogP contribution in [0.3, 0.4) is 0 Å². The van der Waals surface area contributed by atoms with Crippen LogP contribution >= 0.6 is 23.2 Å². The highest BCUT2D eigenvalue weighted by Gasteiger charge is 2.48. The van der Waals surface area contributed by atoms with E-state index in [9.17, 15) is 5.11 Å². The van der Waals surface area contributed by atoms with Crippen molar-refractivity contribution >= 4 is 23.2 Å². The van der Waals surface area contributed by atoms with Gasteiger partial charge in [0, 0.05) is 22.5 Å². The van der Waals surface area contributed by atoms with Gasteiger partial charge in [-0.15, -0.1) is 0 Å². The highest BCUT2D eigenvalue weighted by molar-refractivity contribution is 6.31. The van der Waals surface area contributed by atoms with E-state index in [1.165, 1.54) is 0 Å². The van der Waals surface area contributed by atoms with Crippen molar-refractivity contribution in [3.8, 4) is 0 Å². The predicted octanol–water partition coefficient (Wildman–Crippen LogP) is 4.57. The molecule has 2 aromatic rings. The van der Waals surface area contributed by atoms with Gasteiger partial charge in [-0.3, -0.25) is 0 Å². The molecule has 0 aromatic heterocycles. The first-order valence-electron chi connectivity index (χ1n) is 8.54. The van der Waals surface area contributed by atoms with Gasteiger partial charge in [0.2, 0.25) is 0 Å². The fourth-order valence-corrected chi connectivity index (χ4v) is 4.86. The highest BCUT2D eigenvalue weighted by Crippen LogP contribution is 2.47. The van der Waals surface area contributed by atoms with Gasteiger partial charge in [-0.05, 0) is 67.2 Å². The molecule has 1 N–H and O–H groups in total. The number of rotatable bonds is 3. The van der Waals surface area contributed by atoms with Gasteiger partial charge in [0.15, 0.2) is 0 Å². The Morgan fingerprint density at radius 3 is 1.88 bits per heavy atom. The van der Waals surface area contributed by atoms with E-state index in [2.05, 4.69) is 4.90 Å². The Hall–Kier alpha value is -1.06. The summed E-state index contributed by atoms with van der Waals surface area (Å²) >= 11 is 12.5. The summed E-state index contributed by atoms with van der Waals surface area (Å²) in [6.45, 7) is 3.20. The van der Waals surface area contributed by atoms with E-state index in [1.807, 2.05) is 48.5 Å². The largest absolute Gasteiger partial charge is 0.380 e. The Morgan fingerprint density at radius 1 is 0.917 bits per heavy atom. The number of fused-ring (bicyclic) bond motifs is 3. The van der Waals surface area contributed by atoms with E-state index in [4.69, 9.17) is 23.2 Å². The number of nitrogens with zero attached hydrogens (tertiary/aromatic N) is 1. The second-order valence-electron chi connectivity index (χ2n) is 7.03. The Bertz CT molecular complexity index is 694. The molecule has 3 aliphatic heterocycles. The van der Waals surface area contributed by atoms with Crippen molar-refractivity contribution in [2.75, 3.05) is 19.6 Å². The summed E-state index contributed by atoms with van der Waals surface area (Å²) in [5.74, 6) is 0.676. The highest BCUT2D eigenvalue weighted by atomic mass is 35.5. The molecule has 0 aliphatic carbocycles. The number of hydrogen-bond donors (Lipinski definition) is 1. The lowest BCUT2D eigenvalue weighted by atomic mass is 9.65. The van der Waals surface area contributed by atoms with Gasteiger partial charge in [0.1, 0.15) is 5.60 Å².